The van der Waals surface area contributed by atoms with Crippen molar-refractivity contribution in [2.24, 2.45) is 0 Å². The summed E-state index contributed by atoms with van der Waals surface area (Å²) in [5.41, 5.74) is 0.860. The Balaban J connectivity index is 2.16. The molecule has 18 heavy (non-hydrogen) atoms. The average Bonchev–Trinajstić information content (AvgIpc) is 2.87. The highest BCUT2D eigenvalue weighted by molar-refractivity contribution is 6.30. The van der Waals surface area contributed by atoms with Crippen molar-refractivity contribution in [3.05, 3.63) is 46.8 Å². The smallest absolute Gasteiger partial charge is 0.142 e. The highest BCUT2D eigenvalue weighted by Crippen LogP contribution is 2.19. The number of benzene rings is 1. The lowest BCUT2D eigenvalue weighted by molar-refractivity contribution is 0.521. The van der Waals surface area contributed by atoms with Gasteiger partial charge in [-0.25, -0.2) is 9.37 Å². The number of aromatic nitrogens is 3. The molecule has 0 amide bonds. The van der Waals surface area contributed by atoms with E-state index >= 15 is 0 Å². The molecule has 2 rings (SSSR count). The maximum absolute atomic E-state index is 13.4. The SMILES string of the molecule is CCNC(Cc1ccc(Cl)c(F)c1)c1ncn[nH]1. The Morgan fingerprint density at radius 3 is 2.94 bits per heavy atom. The normalized spacial score (nSPS) is 12.6. The summed E-state index contributed by atoms with van der Waals surface area (Å²) in [5, 5.41) is 10.1. The lowest BCUT2D eigenvalue weighted by Gasteiger charge is -2.15. The van der Waals surface area contributed by atoms with E-state index in [0.29, 0.717) is 6.42 Å². The van der Waals surface area contributed by atoms with Crippen LogP contribution in [0.4, 0.5) is 4.39 Å². The molecule has 6 heteroatoms. The second kappa shape index (κ2) is 5.93. The topological polar surface area (TPSA) is 53.6 Å². The molecule has 0 aliphatic heterocycles. The van der Waals surface area contributed by atoms with Crippen molar-refractivity contribution in [1.29, 1.82) is 0 Å². The van der Waals surface area contributed by atoms with Crippen molar-refractivity contribution in [2.75, 3.05) is 6.54 Å². The van der Waals surface area contributed by atoms with Crippen LogP contribution in [0.25, 0.3) is 0 Å². The Hall–Kier alpha value is -1.46. The average molecular weight is 269 g/mol. The van der Waals surface area contributed by atoms with Gasteiger partial charge >= 0.3 is 0 Å². The van der Waals surface area contributed by atoms with Crippen LogP contribution in [-0.2, 0) is 6.42 Å². The van der Waals surface area contributed by atoms with Crippen LogP contribution in [0.3, 0.4) is 0 Å². The van der Waals surface area contributed by atoms with E-state index in [2.05, 4.69) is 20.5 Å². The monoisotopic (exact) mass is 268 g/mol. The number of likely N-dealkylation sites (N-methyl/N-ethyl adjacent to an activating group) is 1. The molecule has 1 unspecified atom stereocenters. The van der Waals surface area contributed by atoms with E-state index in [1.165, 1.54) is 12.4 Å². The molecule has 0 spiro atoms. The first-order valence-electron chi connectivity index (χ1n) is 5.73. The van der Waals surface area contributed by atoms with Crippen molar-refractivity contribution in [1.82, 2.24) is 20.5 Å². The van der Waals surface area contributed by atoms with Crippen LogP contribution in [0.1, 0.15) is 24.4 Å². The summed E-state index contributed by atoms with van der Waals surface area (Å²) in [7, 11) is 0. The Morgan fingerprint density at radius 2 is 2.33 bits per heavy atom. The molecule has 0 aliphatic rings. The largest absolute Gasteiger partial charge is 0.307 e. The van der Waals surface area contributed by atoms with Gasteiger partial charge in [0.25, 0.3) is 0 Å². The summed E-state index contributed by atoms with van der Waals surface area (Å²) in [6.45, 7) is 2.80. The van der Waals surface area contributed by atoms with E-state index in [1.54, 1.807) is 6.07 Å². The van der Waals surface area contributed by atoms with Crippen molar-refractivity contribution in [2.45, 2.75) is 19.4 Å². The Bertz CT molecular complexity index is 501. The molecule has 0 aliphatic carbocycles. The van der Waals surface area contributed by atoms with Crippen LogP contribution in [-0.4, -0.2) is 21.7 Å². The van der Waals surface area contributed by atoms with Crippen molar-refractivity contribution in [3.8, 4) is 0 Å². The van der Waals surface area contributed by atoms with Gasteiger partial charge in [0.1, 0.15) is 18.0 Å². The van der Waals surface area contributed by atoms with Crippen LogP contribution < -0.4 is 5.32 Å². The summed E-state index contributed by atoms with van der Waals surface area (Å²) < 4.78 is 13.4. The van der Waals surface area contributed by atoms with E-state index in [9.17, 15) is 4.39 Å². The molecular weight excluding hydrogens is 255 g/mol. The lowest BCUT2D eigenvalue weighted by Crippen LogP contribution is -2.24. The predicted octanol–water partition coefficient (Wildman–Crippen LogP) is 2.49. The maximum Gasteiger partial charge on any atom is 0.142 e. The molecule has 0 saturated carbocycles. The van der Waals surface area contributed by atoms with Crippen LogP contribution in [0.2, 0.25) is 5.02 Å². The fraction of sp³-hybridized carbons (Fsp3) is 0.333. The second-order valence-electron chi connectivity index (χ2n) is 3.93. The summed E-state index contributed by atoms with van der Waals surface area (Å²) in [6.07, 6.45) is 2.08. The third-order valence-electron chi connectivity index (χ3n) is 2.64. The van der Waals surface area contributed by atoms with Gasteiger partial charge in [0, 0.05) is 0 Å². The number of hydrogen-bond acceptors (Lipinski definition) is 3. The van der Waals surface area contributed by atoms with E-state index < -0.39 is 5.82 Å². The second-order valence-corrected chi connectivity index (χ2v) is 4.34. The number of rotatable bonds is 5. The number of H-pyrrole nitrogens is 1. The molecule has 1 aromatic heterocycles. The van der Waals surface area contributed by atoms with E-state index in [4.69, 9.17) is 11.6 Å². The first-order valence-corrected chi connectivity index (χ1v) is 6.11. The zero-order valence-electron chi connectivity index (χ0n) is 9.95. The van der Waals surface area contributed by atoms with Crippen LogP contribution in [0.15, 0.2) is 24.5 Å². The maximum atomic E-state index is 13.4. The standard InChI is InChI=1S/C12H14ClFN4/c1-2-15-11(12-16-7-17-18-12)6-8-3-4-9(13)10(14)5-8/h3-5,7,11,15H,2,6H2,1H3,(H,16,17,18). The van der Waals surface area contributed by atoms with E-state index in [-0.39, 0.29) is 11.1 Å². The zero-order chi connectivity index (χ0) is 13.0. The van der Waals surface area contributed by atoms with E-state index in [0.717, 1.165) is 17.9 Å². The number of halogens is 2. The predicted molar refractivity (Wildman–Crippen MR) is 67.9 cm³/mol. The molecule has 2 N–H and O–H groups in total. The third-order valence-corrected chi connectivity index (χ3v) is 2.94. The fourth-order valence-corrected chi connectivity index (χ4v) is 1.91. The highest BCUT2D eigenvalue weighted by atomic mass is 35.5. The molecule has 1 aromatic carbocycles. The lowest BCUT2D eigenvalue weighted by atomic mass is 10.1. The molecule has 0 fully saturated rings. The van der Waals surface area contributed by atoms with Gasteiger partial charge in [-0.05, 0) is 30.7 Å². The Labute approximate surface area is 110 Å². The summed E-state index contributed by atoms with van der Waals surface area (Å²) in [6, 6.07) is 4.81. The molecule has 4 nitrogen and oxygen atoms in total. The minimum Gasteiger partial charge on any atom is -0.307 e. The van der Waals surface area contributed by atoms with E-state index in [1.807, 2.05) is 13.0 Å². The van der Waals surface area contributed by atoms with Crippen LogP contribution in [0, 0.1) is 5.82 Å². The molecule has 96 valence electrons. The fourth-order valence-electron chi connectivity index (χ4n) is 1.80. The van der Waals surface area contributed by atoms with Gasteiger partial charge in [-0.1, -0.05) is 24.6 Å². The number of nitrogens with zero attached hydrogens (tertiary/aromatic N) is 2. The van der Waals surface area contributed by atoms with Gasteiger partial charge in [0.15, 0.2) is 0 Å². The highest BCUT2D eigenvalue weighted by Gasteiger charge is 2.14. The summed E-state index contributed by atoms with van der Waals surface area (Å²) in [5.74, 6) is 0.342. The summed E-state index contributed by atoms with van der Waals surface area (Å²) in [4.78, 5) is 4.12. The third kappa shape index (κ3) is 3.05. The molecule has 0 bridgehead atoms. The molecule has 1 atom stereocenters. The number of aromatic amines is 1. The Morgan fingerprint density at radius 1 is 1.50 bits per heavy atom. The molecule has 1 heterocycles. The first kappa shape index (κ1) is 13.0. The Kier molecular flexibility index (Phi) is 4.28. The van der Waals surface area contributed by atoms with Gasteiger partial charge in [-0.3, -0.25) is 5.10 Å². The van der Waals surface area contributed by atoms with Gasteiger partial charge in [0.05, 0.1) is 11.1 Å². The van der Waals surface area contributed by atoms with Crippen molar-refractivity contribution < 1.29 is 4.39 Å². The minimum absolute atomic E-state index is 0.0157. The molecule has 0 radical (unpaired) electrons. The first-order chi connectivity index (χ1) is 8.70. The zero-order valence-corrected chi connectivity index (χ0v) is 10.7. The number of hydrogen-bond donors (Lipinski definition) is 2. The van der Waals surface area contributed by atoms with Gasteiger partial charge in [-0.2, -0.15) is 5.10 Å². The molecule has 0 saturated heterocycles. The number of nitrogens with one attached hydrogen (secondary N) is 2. The van der Waals surface area contributed by atoms with Gasteiger partial charge in [0.2, 0.25) is 0 Å². The van der Waals surface area contributed by atoms with Gasteiger partial charge < -0.3 is 5.32 Å². The van der Waals surface area contributed by atoms with Crippen LogP contribution >= 0.6 is 11.6 Å². The minimum atomic E-state index is -0.401. The molecular formula is C12H14ClFN4. The van der Waals surface area contributed by atoms with Crippen molar-refractivity contribution in [3.63, 3.8) is 0 Å². The van der Waals surface area contributed by atoms with Gasteiger partial charge in [-0.15, -0.1) is 0 Å². The quantitative estimate of drug-likeness (QED) is 0.876. The van der Waals surface area contributed by atoms with Crippen LogP contribution in [0.5, 0.6) is 0 Å². The van der Waals surface area contributed by atoms with Crippen molar-refractivity contribution >= 4 is 11.6 Å². The molecule has 2 aromatic rings. The summed E-state index contributed by atoms with van der Waals surface area (Å²) >= 11 is 5.66.